The van der Waals surface area contributed by atoms with Crippen LogP contribution in [0.4, 0.5) is 5.69 Å². The van der Waals surface area contributed by atoms with E-state index < -0.39 is 0 Å². The standard InChI is InChI=1S/C19H22N6O2/c1-12-10-13(2)25-19(20-12)22-17(23-25)18(26)21-14-8-9-24(11-14)15-6-4-5-7-16(15)27-3/h4-7,10,14H,8-9,11H2,1-3H3,(H,21,26). The fourth-order valence-corrected chi connectivity index (χ4v) is 3.50. The van der Waals surface area contributed by atoms with E-state index in [0.29, 0.717) is 5.78 Å². The maximum atomic E-state index is 12.6. The Balaban J connectivity index is 1.47. The first-order valence-electron chi connectivity index (χ1n) is 8.95. The first-order valence-corrected chi connectivity index (χ1v) is 8.95. The molecule has 3 aromatic rings. The quantitative estimate of drug-likeness (QED) is 0.757. The maximum absolute atomic E-state index is 12.6. The van der Waals surface area contributed by atoms with Gasteiger partial charge in [0.25, 0.3) is 11.7 Å². The van der Waals surface area contributed by atoms with Crippen LogP contribution >= 0.6 is 0 Å². The second kappa shape index (κ2) is 6.86. The van der Waals surface area contributed by atoms with Crippen LogP contribution in [-0.2, 0) is 0 Å². The molecule has 1 amide bonds. The Morgan fingerprint density at radius 2 is 2.07 bits per heavy atom. The van der Waals surface area contributed by atoms with Crippen molar-refractivity contribution in [2.75, 3.05) is 25.1 Å². The first-order chi connectivity index (χ1) is 13.0. The number of nitrogens with one attached hydrogen (secondary N) is 1. The molecule has 0 spiro atoms. The summed E-state index contributed by atoms with van der Waals surface area (Å²) in [6.45, 7) is 5.38. The van der Waals surface area contributed by atoms with Crippen LogP contribution in [0.5, 0.6) is 5.75 Å². The zero-order chi connectivity index (χ0) is 19.0. The van der Waals surface area contributed by atoms with Crippen molar-refractivity contribution < 1.29 is 9.53 Å². The van der Waals surface area contributed by atoms with Gasteiger partial charge in [0, 0.05) is 30.5 Å². The highest BCUT2D eigenvalue weighted by Crippen LogP contribution is 2.30. The number of hydrogen-bond donors (Lipinski definition) is 1. The van der Waals surface area contributed by atoms with Crippen molar-refractivity contribution in [1.82, 2.24) is 24.9 Å². The van der Waals surface area contributed by atoms with Crippen LogP contribution in [0.25, 0.3) is 5.78 Å². The number of ether oxygens (including phenoxy) is 1. The average Bonchev–Trinajstić information content (AvgIpc) is 3.28. The SMILES string of the molecule is COc1ccccc1N1CCC(NC(=O)c2nc3nc(C)cc(C)n3n2)C1. The Morgan fingerprint density at radius 3 is 2.89 bits per heavy atom. The summed E-state index contributed by atoms with van der Waals surface area (Å²) in [6, 6.07) is 9.85. The van der Waals surface area contributed by atoms with Gasteiger partial charge in [0.05, 0.1) is 12.8 Å². The molecule has 8 heteroatoms. The lowest BCUT2D eigenvalue weighted by Gasteiger charge is -2.21. The van der Waals surface area contributed by atoms with Gasteiger partial charge in [0.2, 0.25) is 5.82 Å². The molecule has 1 atom stereocenters. The van der Waals surface area contributed by atoms with Crippen molar-refractivity contribution in [1.29, 1.82) is 0 Å². The van der Waals surface area contributed by atoms with Gasteiger partial charge in [-0.3, -0.25) is 4.79 Å². The third kappa shape index (κ3) is 3.30. The molecule has 3 heterocycles. The summed E-state index contributed by atoms with van der Waals surface area (Å²) in [7, 11) is 1.67. The number of aromatic nitrogens is 4. The number of nitrogens with zero attached hydrogens (tertiary/aromatic N) is 5. The summed E-state index contributed by atoms with van der Waals surface area (Å²) in [5.74, 6) is 1.15. The molecular formula is C19H22N6O2. The number of para-hydroxylation sites is 2. The van der Waals surface area contributed by atoms with Crippen molar-refractivity contribution in [2.45, 2.75) is 26.3 Å². The molecule has 1 aromatic carbocycles. The number of hydrogen-bond acceptors (Lipinski definition) is 6. The molecule has 27 heavy (non-hydrogen) atoms. The predicted octanol–water partition coefficient (Wildman–Crippen LogP) is 1.76. The van der Waals surface area contributed by atoms with Gasteiger partial charge in [-0.1, -0.05) is 12.1 Å². The highest BCUT2D eigenvalue weighted by Gasteiger charge is 2.27. The van der Waals surface area contributed by atoms with E-state index in [1.807, 2.05) is 44.2 Å². The van der Waals surface area contributed by atoms with Crippen LogP contribution in [0.1, 0.15) is 28.4 Å². The van der Waals surface area contributed by atoms with E-state index >= 15 is 0 Å². The summed E-state index contributed by atoms with van der Waals surface area (Å²) < 4.78 is 7.03. The summed E-state index contributed by atoms with van der Waals surface area (Å²) >= 11 is 0. The van der Waals surface area contributed by atoms with E-state index in [4.69, 9.17) is 4.74 Å². The Labute approximate surface area is 157 Å². The van der Waals surface area contributed by atoms with E-state index in [9.17, 15) is 4.79 Å². The Morgan fingerprint density at radius 1 is 1.26 bits per heavy atom. The second-order valence-corrected chi connectivity index (χ2v) is 6.76. The molecule has 2 aromatic heterocycles. The number of benzene rings is 1. The largest absolute Gasteiger partial charge is 0.495 e. The number of rotatable bonds is 4. The molecule has 0 aliphatic carbocycles. The first kappa shape index (κ1) is 17.3. The zero-order valence-electron chi connectivity index (χ0n) is 15.6. The zero-order valence-corrected chi connectivity index (χ0v) is 15.6. The molecule has 1 fully saturated rings. The van der Waals surface area contributed by atoms with Crippen molar-refractivity contribution in [3.63, 3.8) is 0 Å². The van der Waals surface area contributed by atoms with Crippen molar-refractivity contribution in [3.8, 4) is 5.75 Å². The second-order valence-electron chi connectivity index (χ2n) is 6.76. The van der Waals surface area contributed by atoms with Gasteiger partial charge in [-0.2, -0.15) is 4.98 Å². The Bertz CT molecular complexity index is 999. The molecule has 0 radical (unpaired) electrons. The summed E-state index contributed by atoms with van der Waals surface area (Å²) in [5, 5.41) is 7.34. The number of fused-ring (bicyclic) bond motifs is 1. The Kier molecular flexibility index (Phi) is 4.39. The van der Waals surface area contributed by atoms with Gasteiger partial charge >= 0.3 is 0 Å². The minimum atomic E-state index is -0.274. The number of carbonyl (C=O) groups is 1. The minimum Gasteiger partial charge on any atom is -0.495 e. The Hall–Kier alpha value is -3.16. The van der Waals surface area contributed by atoms with Gasteiger partial charge in [-0.25, -0.2) is 9.50 Å². The van der Waals surface area contributed by atoms with E-state index in [1.165, 1.54) is 0 Å². The minimum absolute atomic E-state index is 0.0322. The molecule has 1 aliphatic rings. The molecule has 1 saturated heterocycles. The third-order valence-corrected chi connectivity index (χ3v) is 4.77. The van der Waals surface area contributed by atoms with Crippen LogP contribution in [0.2, 0.25) is 0 Å². The molecule has 1 aliphatic heterocycles. The fraction of sp³-hybridized carbons (Fsp3) is 0.368. The van der Waals surface area contributed by atoms with Gasteiger partial charge in [-0.15, -0.1) is 5.10 Å². The van der Waals surface area contributed by atoms with Crippen molar-refractivity contribution in [2.24, 2.45) is 0 Å². The van der Waals surface area contributed by atoms with Gasteiger partial charge in [0.1, 0.15) is 5.75 Å². The number of methoxy groups -OCH3 is 1. The number of aryl methyl sites for hydroxylation is 2. The number of amides is 1. The van der Waals surface area contributed by atoms with Gasteiger partial charge in [0.15, 0.2) is 0 Å². The summed E-state index contributed by atoms with van der Waals surface area (Å²) in [6.07, 6.45) is 0.855. The molecule has 0 bridgehead atoms. The molecule has 140 valence electrons. The summed E-state index contributed by atoms with van der Waals surface area (Å²) in [4.78, 5) is 23.4. The number of carbonyl (C=O) groups excluding carboxylic acids is 1. The van der Waals surface area contributed by atoms with Crippen LogP contribution in [-0.4, -0.2) is 51.7 Å². The van der Waals surface area contributed by atoms with E-state index in [-0.39, 0.29) is 17.8 Å². The molecule has 8 nitrogen and oxygen atoms in total. The number of anilines is 1. The molecule has 1 N–H and O–H groups in total. The van der Waals surface area contributed by atoms with Crippen LogP contribution in [0, 0.1) is 13.8 Å². The van der Waals surface area contributed by atoms with Crippen molar-refractivity contribution >= 4 is 17.4 Å². The lowest BCUT2D eigenvalue weighted by Crippen LogP contribution is -2.37. The van der Waals surface area contributed by atoms with Crippen molar-refractivity contribution in [3.05, 3.63) is 47.5 Å². The van der Waals surface area contributed by atoms with E-state index in [1.54, 1.807) is 11.6 Å². The molecule has 1 unspecified atom stereocenters. The van der Waals surface area contributed by atoms with Crippen LogP contribution in [0.15, 0.2) is 30.3 Å². The molecular weight excluding hydrogens is 344 g/mol. The lowest BCUT2D eigenvalue weighted by atomic mass is 10.2. The highest BCUT2D eigenvalue weighted by molar-refractivity contribution is 5.91. The maximum Gasteiger partial charge on any atom is 0.291 e. The normalized spacial score (nSPS) is 16.7. The average molecular weight is 366 g/mol. The lowest BCUT2D eigenvalue weighted by molar-refractivity contribution is 0.0930. The molecule has 0 saturated carbocycles. The van der Waals surface area contributed by atoms with E-state index in [0.717, 1.165) is 42.3 Å². The molecule has 4 rings (SSSR count). The fourth-order valence-electron chi connectivity index (χ4n) is 3.50. The predicted molar refractivity (Wildman–Crippen MR) is 101 cm³/mol. The van der Waals surface area contributed by atoms with Crippen LogP contribution in [0.3, 0.4) is 0 Å². The summed E-state index contributed by atoms with van der Waals surface area (Å²) in [5.41, 5.74) is 2.78. The monoisotopic (exact) mass is 366 g/mol. The van der Waals surface area contributed by atoms with Crippen LogP contribution < -0.4 is 15.0 Å². The van der Waals surface area contributed by atoms with E-state index in [2.05, 4.69) is 25.3 Å². The third-order valence-electron chi connectivity index (χ3n) is 4.77. The van der Waals surface area contributed by atoms with Gasteiger partial charge < -0.3 is 15.0 Å². The topological polar surface area (TPSA) is 84.6 Å². The smallest absolute Gasteiger partial charge is 0.291 e. The van der Waals surface area contributed by atoms with Gasteiger partial charge in [-0.05, 0) is 38.5 Å². The highest BCUT2D eigenvalue weighted by atomic mass is 16.5.